The molecular weight excluding hydrogens is 757 g/mol. The number of hydrogen-bond acceptors (Lipinski definition) is 10. The maximum absolute atomic E-state index is 12.5. The number of ether oxygens (including phenoxy) is 6. The topological polar surface area (TPSA) is 114 Å². The van der Waals surface area contributed by atoms with Crippen LogP contribution in [0.5, 0.6) is 46.0 Å². The summed E-state index contributed by atoms with van der Waals surface area (Å²) in [6, 6.07) is 50.1. The van der Waals surface area contributed by atoms with E-state index >= 15 is 0 Å². The molecule has 0 aromatic heterocycles. The van der Waals surface area contributed by atoms with Crippen LogP contribution < -0.4 is 28.4 Å². The molecule has 0 unspecified atom stereocenters. The van der Waals surface area contributed by atoms with Crippen LogP contribution in [-0.2, 0) is 0 Å². The van der Waals surface area contributed by atoms with Gasteiger partial charge in [0.15, 0.2) is 0 Å². The average Bonchev–Trinajstić information content (AvgIpc) is 3.28. The molecule has 60 heavy (non-hydrogen) atoms. The van der Waals surface area contributed by atoms with Gasteiger partial charge in [-0.25, -0.2) is 9.59 Å². The zero-order valence-corrected chi connectivity index (χ0v) is 32.9. The smallest absolute Gasteiger partial charge is 0.343 e. The van der Waals surface area contributed by atoms with E-state index in [0.29, 0.717) is 70.3 Å². The van der Waals surface area contributed by atoms with E-state index in [1.807, 2.05) is 111 Å². The summed E-state index contributed by atoms with van der Waals surface area (Å²) in [6.45, 7) is 4.92. The Morgan fingerprint density at radius 1 is 0.383 bits per heavy atom. The molecule has 0 spiro atoms. The molecule has 0 radical (unpaired) electrons. The van der Waals surface area contributed by atoms with Crippen LogP contribution in [0.25, 0.3) is 0 Å². The highest BCUT2D eigenvalue weighted by Crippen LogP contribution is 2.29. The van der Waals surface area contributed by atoms with E-state index in [-0.39, 0.29) is 0 Å². The molecule has 298 valence electrons. The molecule has 0 aliphatic carbocycles. The lowest BCUT2D eigenvalue weighted by Gasteiger charge is -2.09. The Morgan fingerprint density at radius 3 is 0.983 bits per heavy atom. The Bertz CT molecular complexity index is 2350. The van der Waals surface area contributed by atoms with Crippen LogP contribution in [0, 0.1) is 0 Å². The van der Waals surface area contributed by atoms with Crippen LogP contribution in [0.2, 0.25) is 0 Å². The molecule has 0 amide bonds. The minimum absolute atomic E-state index is 0.439. The van der Waals surface area contributed by atoms with E-state index in [9.17, 15) is 9.59 Å². The lowest BCUT2D eigenvalue weighted by atomic mass is 10.2. The van der Waals surface area contributed by atoms with Crippen molar-refractivity contribution in [2.45, 2.75) is 13.8 Å². The summed E-state index contributed by atoms with van der Waals surface area (Å²) in [5, 5.41) is 0. The predicted octanol–water partition coefficient (Wildman–Crippen LogP) is 12.0. The maximum Gasteiger partial charge on any atom is 0.343 e. The molecule has 0 atom stereocenters. The molecule has 10 nitrogen and oxygen atoms in total. The first-order valence-electron chi connectivity index (χ1n) is 19.2. The lowest BCUT2D eigenvalue weighted by Crippen LogP contribution is -2.08. The second-order valence-electron chi connectivity index (χ2n) is 13.0. The first kappa shape index (κ1) is 40.2. The zero-order valence-electron chi connectivity index (χ0n) is 32.9. The summed E-state index contributed by atoms with van der Waals surface area (Å²) in [5.41, 5.74) is 4.09. The Balaban J connectivity index is 0.842. The van der Waals surface area contributed by atoms with Crippen LogP contribution >= 0.6 is 0 Å². The SMILES string of the molecule is CCOc1ccc(C(=O)Oc2ccc(C=Nc3ccc(Oc4ccc(Oc5ccc(N=Cc6ccc(OC(=O)c7ccc(OCC)cc7)cc6)cc5)cc4)cc3)cc2)cc1. The van der Waals surface area contributed by atoms with Gasteiger partial charge in [0.25, 0.3) is 0 Å². The Kier molecular flexibility index (Phi) is 13.4. The highest BCUT2D eigenvalue weighted by Gasteiger charge is 2.10. The van der Waals surface area contributed by atoms with Gasteiger partial charge >= 0.3 is 11.9 Å². The zero-order chi connectivity index (χ0) is 41.5. The van der Waals surface area contributed by atoms with Crippen molar-refractivity contribution < 1.29 is 38.0 Å². The minimum Gasteiger partial charge on any atom is -0.494 e. The third-order valence-corrected chi connectivity index (χ3v) is 8.68. The molecule has 10 heteroatoms. The Hall–Kier alpha value is -7.98. The summed E-state index contributed by atoms with van der Waals surface area (Å²) < 4.78 is 33.9. The van der Waals surface area contributed by atoms with Gasteiger partial charge in [-0.05, 0) is 195 Å². The molecule has 0 fully saturated rings. The number of hydrogen-bond donors (Lipinski definition) is 0. The van der Waals surface area contributed by atoms with Gasteiger partial charge in [0.05, 0.1) is 35.7 Å². The minimum atomic E-state index is -0.442. The van der Waals surface area contributed by atoms with Gasteiger partial charge in [-0.15, -0.1) is 0 Å². The van der Waals surface area contributed by atoms with Crippen LogP contribution in [0.15, 0.2) is 180 Å². The van der Waals surface area contributed by atoms with Crippen molar-refractivity contribution in [2.75, 3.05) is 13.2 Å². The van der Waals surface area contributed by atoms with Crippen molar-refractivity contribution in [2.24, 2.45) is 9.98 Å². The summed E-state index contributed by atoms with van der Waals surface area (Å²) in [5.74, 6) is 4.04. The van der Waals surface area contributed by atoms with E-state index in [4.69, 9.17) is 28.4 Å². The van der Waals surface area contributed by atoms with Crippen molar-refractivity contribution in [3.05, 3.63) is 192 Å². The first-order chi connectivity index (χ1) is 29.4. The second kappa shape index (κ2) is 19.9. The van der Waals surface area contributed by atoms with Crippen molar-refractivity contribution >= 4 is 35.7 Å². The monoisotopic (exact) mass is 796 g/mol. The van der Waals surface area contributed by atoms with Crippen molar-refractivity contribution in [1.82, 2.24) is 0 Å². The fourth-order valence-corrected chi connectivity index (χ4v) is 5.63. The Labute approximate surface area is 347 Å². The van der Waals surface area contributed by atoms with Gasteiger partial charge in [-0.2, -0.15) is 0 Å². The molecule has 0 aliphatic rings. The summed E-state index contributed by atoms with van der Waals surface area (Å²) in [4.78, 5) is 34.1. The number of benzene rings is 7. The third kappa shape index (κ3) is 11.5. The number of rotatable bonds is 16. The Morgan fingerprint density at radius 2 is 0.667 bits per heavy atom. The number of carbonyl (C=O) groups excluding carboxylic acids is 2. The van der Waals surface area contributed by atoms with Gasteiger partial charge in [0, 0.05) is 12.4 Å². The van der Waals surface area contributed by atoms with E-state index < -0.39 is 11.9 Å². The highest BCUT2D eigenvalue weighted by atomic mass is 16.5. The molecule has 0 saturated heterocycles. The number of esters is 2. The maximum atomic E-state index is 12.5. The van der Waals surface area contributed by atoms with Gasteiger partial charge in [0.1, 0.15) is 46.0 Å². The number of aliphatic imine (C=N–C) groups is 2. The molecule has 7 rings (SSSR count). The number of nitrogens with zero attached hydrogens (tertiary/aromatic N) is 2. The average molecular weight is 797 g/mol. The van der Waals surface area contributed by atoms with Crippen LogP contribution in [-0.4, -0.2) is 37.6 Å². The molecule has 7 aromatic carbocycles. The van der Waals surface area contributed by atoms with E-state index in [1.165, 1.54) is 0 Å². The van der Waals surface area contributed by atoms with Crippen LogP contribution in [0.3, 0.4) is 0 Å². The normalized spacial score (nSPS) is 11.0. The summed E-state index contributed by atoms with van der Waals surface area (Å²) >= 11 is 0. The predicted molar refractivity (Wildman–Crippen MR) is 232 cm³/mol. The molecule has 0 N–H and O–H groups in total. The van der Waals surface area contributed by atoms with E-state index in [0.717, 1.165) is 22.5 Å². The molecule has 0 heterocycles. The highest BCUT2D eigenvalue weighted by molar-refractivity contribution is 5.92. The fourth-order valence-electron chi connectivity index (χ4n) is 5.63. The summed E-state index contributed by atoms with van der Waals surface area (Å²) in [7, 11) is 0. The molecule has 0 aliphatic heterocycles. The largest absolute Gasteiger partial charge is 0.494 e. The van der Waals surface area contributed by atoms with Crippen molar-refractivity contribution in [3.8, 4) is 46.0 Å². The van der Waals surface area contributed by atoms with Crippen molar-refractivity contribution in [1.29, 1.82) is 0 Å². The molecular formula is C50H40N2O8. The third-order valence-electron chi connectivity index (χ3n) is 8.68. The number of carbonyl (C=O) groups is 2. The van der Waals surface area contributed by atoms with Gasteiger partial charge in [-0.1, -0.05) is 0 Å². The first-order valence-corrected chi connectivity index (χ1v) is 19.2. The molecule has 7 aromatic rings. The van der Waals surface area contributed by atoms with E-state index in [2.05, 4.69) is 9.98 Å². The standard InChI is InChI=1S/C50H40N2O8/c1-3-55-41-21-9-37(10-22-41)49(53)59-47-17-5-35(6-18-47)33-51-39-13-25-43(26-14-39)57-45-29-31-46(32-30-45)58-44-27-15-40(16-28-44)52-34-36-7-19-48(20-8-36)60-50(54)38-11-23-42(24-12-38)56-4-2/h5-34H,3-4H2,1-2H3. The molecule has 0 bridgehead atoms. The van der Waals surface area contributed by atoms with Crippen LogP contribution in [0.1, 0.15) is 45.7 Å². The van der Waals surface area contributed by atoms with Crippen molar-refractivity contribution in [3.63, 3.8) is 0 Å². The quantitative estimate of drug-likeness (QED) is 0.0539. The molecule has 0 saturated carbocycles. The van der Waals surface area contributed by atoms with Gasteiger partial charge in [-0.3, -0.25) is 9.98 Å². The second-order valence-corrected chi connectivity index (χ2v) is 13.0. The van der Waals surface area contributed by atoms with Crippen LogP contribution in [0.4, 0.5) is 11.4 Å². The lowest BCUT2D eigenvalue weighted by molar-refractivity contribution is 0.0725. The van der Waals surface area contributed by atoms with Gasteiger partial charge < -0.3 is 28.4 Å². The fraction of sp³-hybridized carbons (Fsp3) is 0.0800. The van der Waals surface area contributed by atoms with Gasteiger partial charge in [0.2, 0.25) is 0 Å². The summed E-state index contributed by atoms with van der Waals surface area (Å²) in [6.07, 6.45) is 3.48. The van der Waals surface area contributed by atoms with E-state index in [1.54, 1.807) is 85.2 Å².